The van der Waals surface area contributed by atoms with Crippen LogP contribution in [0.15, 0.2) is 82.4 Å². The number of halogens is 2. The SMILES string of the molecule is CC(C)C(NC(=O)c1ccccc1F)C(=O)N/N=C/c1ccc(OCc2ccc(Br)cc2)cc1. The Hall–Kier alpha value is -3.52. The molecule has 0 spiro atoms. The first-order valence-electron chi connectivity index (χ1n) is 10.7. The number of carbonyl (C=O) groups excluding carboxylic acids is 2. The summed E-state index contributed by atoms with van der Waals surface area (Å²) in [5.41, 5.74) is 4.13. The third-order valence-corrected chi connectivity index (χ3v) is 5.47. The Kier molecular flexibility index (Phi) is 8.93. The van der Waals surface area contributed by atoms with Gasteiger partial charge < -0.3 is 10.1 Å². The van der Waals surface area contributed by atoms with Crippen LogP contribution in [0, 0.1) is 11.7 Å². The normalized spacial score (nSPS) is 11.9. The van der Waals surface area contributed by atoms with Gasteiger partial charge >= 0.3 is 0 Å². The molecule has 3 rings (SSSR count). The molecular formula is C26H25BrFN3O3. The fourth-order valence-corrected chi connectivity index (χ4v) is 3.30. The lowest BCUT2D eigenvalue weighted by Gasteiger charge is -2.20. The van der Waals surface area contributed by atoms with Crippen molar-refractivity contribution in [2.75, 3.05) is 0 Å². The average Bonchev–Trinajstić information content (AvgIpc) is 2.83. The van der Waals surface area contributed by atoms with Crippen molar-refractivity contribution in [3.8, 4) is 5.75 Å². The molecule has 0 radical (unpaired) electrons. The number of nitrogens with one attached hydrogen (secondary N) is 2. The highest BCUT2D eigenvalue weighted by molar-refractivity contribution is 9.10. The Labute approximate surface area is 206 Å². The summed E-state index contributed by atoms with van der Waals surface area (Å²) in [6.45, 7) is 4.01. The van der Waals surface area contributed by atoms with Crippen LogP contribution in [0.1, 0.15) is 35.3 Å². The van der Waals surface area contributed by atoms with Gasteiger partial charge in [-0.15, -0.1) is 0 Å². The molecule has 0 saturated carbocycles. The minimum absolute atomic E-state index is 0.119. The number of ether oxygens (including phenoxy) is 1. The standard InChI is InChI=1S/C26H25BrFN3O3/c1-17(2)24(30-25(32)22-5-3-4-6-23(22)28)26(33)31-29-15-18-9-13-21(14-10-18)34-16-19-7-11-20(27)12-8-19/h3-15,17,24H,16H2,1-2H3,(H,30,32)(H,31,33)/b29-15+. The van der Waals surface area contributed by atoms with Crippen LogP contribution < -0.4 is 15.5 Å². The fraction of sp³-hybridized carbons (Fsp3) is 0.192. The van der Waals surface area contributed by atoms with Gasteiger partial charge in [-0.2, -0.15) is 5.10 Å². The Morgan fingerprint density at radius 2 is 1.71 bits per heavy atom. The first-order valence-corrected chi connectivity index (χ1v) is 11.5. The molecule has 1 atom stereocenters. The number of hydrazone groups is 1. The van der Waals surface area contributed by atoms with E-state index in [0.717, 1.165) is 15.6 Å². The van der Waals surface area contributed by atoms with E-state index in [1.54, 1.807) is 19.9 Å². The summed E-state index contributed by atoms with van der Waals surface area (Å²) in [7, 11) is 0. The molecule has 2 N–H and O–H groups in total. The summed E-state index contributed by atoms with van der Waals surface area (Å²) in [4.78, 5) is 25.0. The molecule has 8 heteroatoms. The molecule has 0 heterocycles. The first kappa shape index (κ1) is 25.1. The van der Waals surface area contributed by atoms with Gasteiger partial charge in [0.15, 0.2) is 0 Å². The van der Waals surface area contributed by atoms with Gasteiger partial charge in [0, 0.05) is 4.47 Å². The molecule has 2 amide bonds. The molecule has 0 bridgehead atoms. The van der Waals surface area contributed by atoms with Gasteiger partial charge in [0.2, 0.25) is 0 Å². The summed E-state index contributed by atoms with van der Waals surface area (Å²) in [6, 6.07) is 19.9. The summed E-state index contributed by atoms with van der Waals surface area (Å²) >= 11 is 3.40. The third-order valence-electron chi connectivity index (χ3n) is 4.94. The van der Waals surface area contributed by atoms with Crippen molar-refractivity contribution in [1.82, 2.24) is 10.7 Å². The van der Waals surface area contributed by atoms with E-state index in [9.17, 15) is 14.0 Å². The highest BCUT2D eigenvalue weighted by Gasteiger charge is 2.25. The molecule has 0 aliphatic carbocycles. The van der Waals surface area contributed by atoms with Gasteiger partial charge in [-0.05, 0) is 65.6 Å². The van der Waals surface area contributed by atoms with E-state index in [-0.39, 0.29) is 11.5 Å². The van der Waals surface area contributed by atoms with Crippen LogP contribution in [0.4, 0.5) is 4.39 Å². The molecule has 34 heavy (non-hydrogen) atoms. The average molecular weight is 526 g/mol. The van der Waals surface area contributed by atoms with Crippen molar-refractivity contribution in [1.29, 1.82) is 0 Å². The maximum absolute atomic E-state index is 13.9. The lowest BCUT2D eigenvalue weighted by Crippen LogP contribution is -2.48. The highest BCUT2D eigenvalue weighted by atomic mass is 79.9. The second kappa shape index (κ2) is 12.1. The van der Waals surface area contributed by atoms with E-state index in [1.165, 1.54) is 24.4 Å². The Bertz CT molecular complexity index is 1150. The van der Waals surface area contributed by atoms with E-state index in [0.29, 0.717) is 12.4 Å². The Morgan fingerprint density at radius 1 is 1.03 bits per heavy atom. The Morgan fingerprint density at radius 3 is 2.35 bits per heavy atom. The van der Waals surface area contributed by atoms with Crippen LogP contribution in [-0.2, 0) is 11.4 Å². The van der Waals surface area contributed by atoms with E-state index in [1.807, 2.05) is 48.5 Å². The molecule has 0 fully saturated rings. The zero-order valence-corrected chi connectivity index (χ0v) is 20.4. The van der Waals surface area contributed by atoms with Gasteiger partial charge in [0.05, 0.1) is 11.8 Å². The van der Waals surface area contributed by atoms with Crippen LogP contribution in [0.3, 0.4) is 0 Å². The summed E-state index contributed by atoms with van der Waals surface area (Å²) in [5.74, 6) is -1.32. The number of hydrogen-bond donors (Lipinski definition) is 2. The van der Waals surface area contributed by atoms with Crippen molar-refractivity contribution < 1.29 is 18.7 Å². The summed E-state index contributed by atoms with van der Waals surface area (Å²) in [5, 5.41) is 6.55. The number of nitrogens with zero attached hydrogens (tertiary/aromatic N) is 1. The van der Waals surface area contributed by atoms with E-state index in [4.69, 9.17) is 4.74 Å². The van der Waals surface area contributed by atoms with E-state index < -0.39 is 23.7 Å². The molecule has 3 aromatic carbocycles. The number of benzene rings is 3. The monoisotopic (exact) mass is 525 g/mol. The van der Waals surface area contributed by atoms with Crippen LogP contribution in [-0.4, -0.2) is 24.1 Å². The molecule has 0 aliphatic rings. The molecule has 0 aliphatic heterocycles. The van der Waals surface area contributed by atoms with Crippen LogP contribution in [0.5, 0.6) is 5.75 Å². The lowest BCUT2D eigenvalue weighted by molar-refractivity contribution is -0.123. The van der Waals surface area contributed by atoms with Gasteiger partial charge in [-0.3, -0.25) is 9.59 Å². The topological polar surface area (TPSA) is 79.8 Å². The van der Waals surface area contributed by atoms with Crippen molar-refractivity contribution in [3.05, 3.63) is 99.8 Å². The molecule has 0 aromatic heterocycles. The molecule has 6 nitrogen and oxygen atoms in total. The van der Waals surface area contributed by atoms with Crippen molar-refractivity contribution in [3.63, 3.8) is 0 Å². The van der Waals surface area contributed by atoms with Crippen molar-refractivity contribution in [2.24, 2.45) is 11.0 Å². The predicted molar refractivity (Wildman–Crippen MR) is 133 cm³/mol. The van der Waals surface area contributed by atoms with Crippen LogP contribution in [0.2, 0.25) is 0 Å². The van der Waals surface area contributed by atoms with Crippen LogP contribution in [0.25, 0.3) is 0 Å². The molecule has 1 unspecified atom stereocenters. The number of rotatable bonds is 9. The first-order chi connectivity index (χ1) is 16.3. The maximum atomic E-state index is 13.9. The van der Waals surface area contributed by atoms with Crippen LogP contribution >= 0.6 is 15.9 Å². The zero-order valence-electron chi connectivity index (χ0n) is 18.8. The summed E-state index contributed by atoms with van der Waals surface area (Å²) < 4.78 is 20.7. The molecule has 0 saturated heterocycles. The highest BCUT2D eigenvalue weighted by Crippen LogP contribution is 2.15. The fourth-order valence-electron chi connectivity index (χ4n) is 3.04. The Balaban J connectivity index is 1.53. The van der Waals surface area contributed by atoms with Crippen molar-refractivity contribution in [2.45, 2.75) is 26.5 Å². The van der Waals surface area contributed by atoms with Crippen molar-refractivity contribution >= 4 is 34.0 Å². The second-order valence-corrected chi connectivity index (χ2v) is 8.81. The molecule has 3 aromatic rings. The smallest absolute Gasteiger partial charge is 0.262 e. The minimum Gasteiger partial charge on any atom is -0.489 e. The van der Waals surface area contributed by atoms with Gasteiger partial charge in [-0.25, -0.2) is 9.82 Å². The van der Waals surface area contributed by atoms with Gasteiger partial charge in [0.1, 0.15) is 24.2 Å². The third kappa shape index (κ3) is 7.25. The number of hydrogen-bond acceptors (Lipinski definition) is 4. The predicted octanol–water partition coefficient (Wildman–Crippen LogP) is 5.07. The summed E-state index contributed by atoms with van der Waals surface area (Å²) in [6.07, 6.45) is 1.49. The van der Waals surface area contributed by atoms with Gasteiger partial charge in [-0.1, -0.05) is 54.0 Å². The quantitative estimate of drug-likeness (QED) is 0.302. The lowest BCUT2D eigenvalue weighted by atomic mass is 10.0. The molecule has 176 valence electrons. The second-order valence-electron chi connectivity index (χ2n) is 7.89. The van der Waals surface area contributed by atoms with E-state index >= 15 is 0 Å². The maximum Gasteiger partial charge on any atom is 0.262 e. The minimum atomic E-state index is -0.876. The largest absolute Gasteiger partial charge is 0.489 e. The number of carbonyl (C=O) groups is 2. The number of amides is 2. The van der Waals surface area contributed by atoms with E-state index in [2.05, 4.69) is 31.8 Å². The molecular weight excluding hydrogens is 501 g/mol. The zero-order chi connectivity index (χ0) is 24.5. The van der Waals surface area contributed by atoms with Gasteiger partial charge in [0.25, 0.3) is 11.8 Å².